The van der Waals surface area contributed by atoms with Crippen LogP contribution in [0.3, 0.4) is 0 Å². The number of nitro benzene ring substituents is 1. The van der Waals surface area contributed by atoms with Gasteiger partial charge in [0.05, 0.1) is 15.9 Å². The number of carbonyl (C=O) groups is 2. The Hall–Kier alpha value is -3.51. The molecule has 12 heteroatoms. The van der Waals surface area contributed by atoms with Crippen LogP contribution in [0.2, 0.25) is 0 Å². The van der Waals surface area contributed by atoms with Gasteiger partial charge >= 0.3 is 5.97 Å². The highest BCUT2D eigenvalue weighted by Gasteiger charge is 2.24. The summed E-state index contributed by atoms with van der Waals surface area (Å²) in [7, 11) is -2.77. The van der Waals surface area contributed by atoms with Crippen LogP contribution < -0.4 is 15.4 Å². The number of hydrogen-bond acceptors (Lipinski definition) is 8. The fourth-order valence-corrected chi connectivity index (χ4v) is 3.71. The number of esters is 1. The van der Waals surface area contributed by atoms with Crippen molar-refractivity contribution in [3.8, 4) is 0 Å². The van der Waals surface area contributed by atoms with Crippen molar-refractivity contribution in [2.45, 2.75) is 30.9 Å². The first-order chi connectivity index (χ1) is 15.0. The number of hydrogen-bond donors (Lipinski definition) is 3. The van der Waals surface area contributed by atoms with Crippen LogP contribution in [-0.4, -0.2) is 44.9 Å². The van der Waals surface area contributed by atoms with Gasteiger partial charge in [0, 0.05) is 13.1 Å². The summed E-state index contributed by atoms with van der Waals surface area (Å²) in [6.07, 6.45) is -1.16. The third kappa shape index (κ3) is 6.49. The van der Waals surface area contributed by atoms with Crippen molar-refractivity contribution in [1.82, 2.24) is 10.0 Å². The average molecular weight is 465 g/mol. The summed E-state index contributed by atoms with van der Waals surface area (Å²) in [5.41, 5.74) is 0.569. The fourth-order valence-electron chi connectivity index (χ4n) is 2.73. The second kappa shape index (κ2) is 10.7. The lowest BCUT2D eigenvalue weighted by Gasteiger charge is -2.18. The quantitative estimate of drug-likeness (QED) is 0.272. The number of nitrogens with zero attached hydrogens (tertiary/aromatic N) is 1. The number of ether oxygens (including phenoxy) is 1. The number of amides is 1. The Kier molecular flexibility index (Phi) is 8.27. The topological polar surface area (TPSA) is 157 Å². The molecular formula is C20H24N4O7S. The largest absolute Gasteiger partial charge is 0.452 e. The second-order valence-electron chi connectivity index (χ2n) is 6.78. The summed E-state index contributed by atoms with van der Waals surface area (Å²) in [5.74, 6) is -1.53. The van der Waals surface area contributed by atoms with E-state index in [1.165, 1.54) is 20.0 Å². The maximum absolute atomic E-state index is 12.4. The van der Waals surface area contributed by atoms with Crippen LogP contribution in [0.5, 0.6) is 0 Å². The highest BCUT2D eigenvalue weighted by molar-refractivity contribution is 7.89. The summed E-state index contributed by atoms with van der Waals surface area (Å²) in [6.45, 7) is 2.38. The average Bonchev–Trinajstić information content (AvgIpc) is 2.77. The molecule has 0 saturated heterocycles. The van der Waals surface area contributed by atoms with E-state index in [-0.39, 0.29) is 11.7 Å². The summed E-state index contributed by atoms with van der Waals surface area (Å²) in [4.78, 5) is 34.3. The molecule has 2 atom stereocenters. The van der Waals surface area contributed by atoms with E-state index < -0.39 is 50.1 Å². The first-order valence-electron chi connectivity index (χ1n) is 9.55. The van der Waals surface area contributed by atoms with Crippen LogP contribution in [0.25, 0.3) is 0 Å². The summed E-state index contributed by atoms with van der Waals surface area (Å²) >= 11 is 0. The Morgan fingerprint density at radius 2 is 1.78 bits per heavy atom. The van der Waals surface area contributed by atoms with Crippen LogP contribution >= 0.6 is 0 Å². The minimum Gasteiger partial charge on any atom is -0.452 e. The molecule has 2 aromatic rings. The van der Waals surface area contributed by atoms with Gasteiger partial charge in [-0.05, 0) is 31.5 Å². The van der Waals surface area contributed by atoms with Gasteiger partial charge in [-0.25, -0.2) is 8.42 Å². The smallest absolute Gasteiger partial charge is 0.321 e. The number of benzene rings is 2. The normalized spacial score (nSPS) is 13.0. The molecule has 11 nitrogen and oxygen atoms in total. The van der Waals surface area contributed by atoms with Crippen LogP contribution in [-0.2, 0) is 24.3 Å². The van der Waals surface area contributed by atoms with E-state index in [1.54, 1.807) is 6.92 Å². The van der Waals surface area contributed by atoms with Gasteiger partial charge in [-0.1, -0.05) is 30.3 Å². The Morgan fingerprint density at radius 1 is 1.12 bits per heavy atom. The second-order valence-corrected chi connectivity index (χ2v) is 8.55. The van der Waals surface area contributed by atoms with Crippen molar-refractivity contribution in [2.24, 2.45) is 0 Å². The van der Waals surface area contributed by atoms with Crippen LogP contribution in [0.1, 0.15) is 25.5 Å². The van der Waals surface area contributed by atoms with Gasteiger partial charge in [0.2, 0.25) is 10.0 Å². The van der Waals surface area contributed by atoms with Gasteiger partial charge in [0.15, 0.2) is 6.10 Å². The molecule has 0 aliphatic carbocycles. The van der Waals surface area contributed by atoms with E-state index >= 15 is 0 Å². The molecule has 2 rings (SSSR count). The molecule has 0 spiro atoms. The van der Waals surface area contributed by atoms with Crippen molar-refractivity contribution >= 4 is 33.3 Å². The Balaban J connectivity index is 1.94. The molecule has 0 bridgehead atoms. The third-order valence-corrected chi connectivity index (χ3v) is 5.89. The van der Waals surface area contributed by atoms with Crippen LogP contribution in [0, 0.1) is 10.1 Å². The summed E-state index contributed by atoms with van der Waals surface area (Å²) < 4.78 is 31.8. The van der Waals surface area contributed by atoms with E-state index in [4.69, 9.17) is 4.74 Å². The molecule has 1 amide bonds. The van der Waals surface area contributed by atoms with Gasteiger partial charge in [-0.15, -0.1) is 0 Å². The van der Waals surface area contributed by atoms with Crippen molar-refractivity contribution in [3.63, 3.8) is 0 Å². The molecule has 0 fully saturated rings. The van der Waals surface area contributed by atoms with Gasteiger partial charge in [-0.3, -0.25) is 19.7 Å². The van der Waals surface area contributed by atoms with E-state index in [1.807, 2.05) is 35.1 Å². The summed E-state index contributed by atoms with van der Waals surface area (Å²) in [6, 6.07) is 12.1. The molecule has 0 aliphatic rings. The highest BCUT2D eigenvalue weighted by atomic mass is 32.2. The highest BCUT2D eigenvalue weighted by Crippen LogP contribution is 2.27. The Morgan fingerprint density at radius 3 is 2.38 bits per heavy atom. The Labute approximate surface area is 185 Å². The maximum atomic E-state index is 12.4. The number of nitrogens with one attached hydrogen (secondary N) is 3. The lowest BCUT2D eigenvalue weighted by Crippen LogP contribution is -2.39. The molecule has 2 unspecified atom stereocenters. The zero-order chi connectivity index (χ0) is 23.9. The first kappa shape index (κ1) is 24.8. The SMILES string of the molecule is CNc1ccc(S(=O)(=O)NCC(=O)OC(C)C(=O)NC(C)c2ccccc2)cc1[N+](=O)[O-]. The van der Waals surface area contributed by atoms with Gasteiger partial charge in [-0.2, -0.15) is 4.72 Å². The zero-order valence-corrected chi connectivity index (χ0v) is 18.5. The minimum absolute atomic E-state index is 0.137. The number of anilines is 1. The number of sulfonamides is 1. The van der Waals surface area contributed by atoms with E-state index in [2.05, 4.69) is 10.6 Å². The zero-order valence-electron chi connectivity index (χ0n) is 17.7. The van der Waals surface area contributed by atoms with Gasteiger partial charge in [0.1, 0.15) is 12.2 Å². The molecule has 0 heterocycles. The number of nitro groups is 1. The van der Waals surface area contributed by atoms with E-state index in [0.29, 0.717) is 0 Å². The van der Waals surface area contributed by atoms with Crippen molar-refractivity contribution < 1.29 is 27.7 Å². The van der Waals surface area contributed by atoms with Crippen molar-refractivity contribution in [1.29, 1.82) is 0 Å². The fraction of sp³-hybridized carbons (Fsp3) is 0.300. The molecule has 2 aromatic carbocycles. The monoisotopic (exact) mass is 464 g/mol. The van der Waals surface area contributed by atoms with Gasteiger partial charge < -0.3 is 15.4 Å². The predicted molar refractivity (Wildman–Crippen MR) is 116 cm³/mol. The molecule has 0 saturated carbocycles. The molecule has 0 radical (unpaired) electrons. The Bertz CT molecular complexity index is 1090. The molecule has 0 aliphatic heterocycles. The van der Waals surface area contributed by atoms with E-state index in [9.17, 15) is 28.1 Å². The van der Waals surface area contributed by atoms with Crippen molar-refractivity contribution in [2.75, 3.05) is 18.9 Å². The van der Waals surface area contributed by atoms with Crippen LogP contribution in [0.4, 0.5) is 11.4 Å². The number of carbonyl (C=O) groups excluding carboxylic acids is 2. The van der Waals surface area contributed by atoms with E-state index in [0.717, 1.165) is 17.7 Å². The summed E-state index contributed by atoms with van der Waals surface area (Å²) in [5, 5.41) is 16.4. The molecule has 0 aromatic heterocycles. The van der Waals surface area contributed by atoms with Crippen molar-refractivity contribution in [3.05, 3.63) is 64.2 Å². The number of rotatable bonds is 10. The van der Waals surface area contributed by atoms with Gasteiger partial charge in [0.25, 0.3) is 11.6 Å². The lowest BCUT2D eigenvalue weighted by molar-refractivity contribution is -0.384. The standard InChI is InChI=1S/C20H24N4O7S/c1-13(15-7-5-4-6-8-15)23-20(26)14(2)31-19(25)12-22-32(29,30)16-9-10-17(21-3)18(11-16)24(27)28/h4-11,13-14,21-22H,12H2,1-3H3,(H,23,26). The third-order valence-electron chi connectivity index (χ3n) is 4.49. The molecule has 32 heavy (non-hydrogen) atoms. The predicted octanol–water partition coefficient (Wildman–Crippen LogP) is 1.72. The first-order valence-corrected chi connectivity index (χ1v) is 11.0. The molecular weight excluding hydrogens is 440 g/mol. The minimum atomic E-state index is -4.23. The maximum Gasteiger partial charge on any atom is 0.321 e. The molecule has 172 valence electrons. The van der Waals surface area contributed by atoms with Crippen LogP contribution in [0.15, 0.2) is 53.4 Å². The molecule has 3 N–H and O–H groups in total. The lowest BCUT2D eigenvalue weighted by atomic mass is 10.1.